The summed E-state index contributed by atoms with van der Waals surface area (Å²) in [6.45, 7) is 8.63. The lowest BCUT2D eigenvalue weighted by atomic mass is 9.93. The lowest BCUT2D eigenvalue weighted by Crippen LogP contribution is -2.11. The van der Waals surface area contributed by atoms with Gasteiger partial charge >= 0.3 is 0 Å². The van der Waals surface area contributed by atoms with Gasteiger partial charge in [-0.05, 0) is 6.92 Å². The Kier molecular flexibility index (Phi) is 2.58. The van der Waals surface area contributed by atoms with Crippen LogP contribution in [0.1, 0.15) is 32.0 Å². The zero-order valence-corrected chi connectivity index (χ0v) is 10.3. The van der Waals surface area contributed by atoms with Crippen LogP contribution in [0.5, 0.6) is 0 Å². The Balaban J connectivity index is 2.35. The Morgan fingerprint density at radius 2 is 1.69 bits per heavy atom. The molecule has 2 aromatic rings. The van der Waals surface area contributed by atoms with Crippen molar-refractivity contribution in [2.75, 3.05) is 0 Å². The van der Waals surface area contributed by atoms with E-state index in [2.05, 4.69) is 61.9 Å². The maximum absolute atomic E-state index is 4.43. The second-order valence-corrected chi connectivity index (χ2v) is 5.26. The molecule has 16 heavy (non-hydrogen) atoms. The van der Waals surface area contributed by atoms with Crippen LogP contribution in [-0.2, 0) is 5.41 Å². The molecule has 1 aromatic carbocycles. The minimum atomic E-state index is 0.121. The van der Waals surface area contributed by atoms with Gasteiger partial charge in [-0.1, -0.05) is 50.6 Å². The Labute approximate surface area is 96.7 Å². The fraction of sp³-hybridized carbons (Fsp3) is 0.357. The van der Waals surface area contributed by atoms with Crippen LogP contribution in [-0.4, -0.2) is 9.97 Å². The summed E-state index contributed by atoms with van der Waals surface area (Å²) in [5, 5.41) is 0. The molecule has 0 aliphatic heterocycles. The van der Waals surface area contributed by atoms with Crippen molar-refractivity contribution >= 4 is 0 Å². The van der Waals surface area contributed by atoms with Gasteiger partial charge in [0.2, 0.25) is 0 Å². The van der Waals surface area contributed by atoms with Crippen LogP contribution in [0.2, 0.25) is 0 Å². The number of aromatic nitrogens is 2. The fourth-order valence-electron chi connectivity index (χ4n) is 1.56. The Hall–Kier alpha value is -1.57. The molecular weight excluding hydrogens is 196 g/mol. The molecule has 0 aliphatic rings. The summed E-state index contributed by atoms with van der Waals surface area (Å²) in [6.07, 6.45) is 1.93. The standard InChI is InChI=1S/C14H18N2/c1-10-5-7-11(8-6-10)13-15-9-12(16-13)14(2,3)4/h5-9H,1-4H3,(H,15,16). The maximum atomic E-state index is 4.43. The quantitative estimate of drug-likeness (QED) is 0.770. The number of nitrogens with zero attached hydrogens (tertiary/aromatic N) is 1. The number of H-pyrrole nitrogens is 1. The Morgan fingerprint density at radius 3 is 2.19 bits per heavy atom. The van der Waals surface area contributed by atoms with Gasteiger partial charge in [0.15, 0.2) is 0 Å². The van der Waals surface area contributed by atoms with Gasteiger partial charge in [-0.25, -0.2) is 4.98 Å². The summed E-state index contributed by atoms with van der Waals surface area (Å²) in [5.41, 5.74) is 3.70. The molecule has 1 N–H and O–H groups in total. The van der Waals surface area contributed by atoms with Crippen LogP contribution in [0.3, 0.4) is 0 Å². The molecule has 2 nitrogen and oxygen atoms in total. The second kappa shape index (κ2) is 3.78. The van der Waals surface area contributed by atoms with E-state index in [-0.39, 0.29) is 5.41 Å². The molecule has 0 atom stereocenters. The number of imidazole rings is 1. The van der Waals surface area contributed by atoms with Gasteiger partial charge in [0.05, 0.1) is 0 Å². The smallest absolute Gasteiger partial charge is 0.137 e. The summed E-state index contributed by atoms with van der Waals surface area (Å²) in [7, 11) is 0. The van der Waals surface area contributed by atoms with Crippen LogP contribution in [0.4, 0.5) is 0 Å². The van der Waals surface area contributed by atoms with Crippen LogP contribution >= 0.6 is 0 Å². The molecule has 0 radical (unpaired) electrons. The molecule has 0 saturated heterocycles. The van der Waals surface area contributed by atoms with Crippen molar-refractivity contribution in [1.82, 2.24) is 9.97 Å². The third kappa shape index (κ3) is 2.16. The molecule has 2 rings (SSSR count). The molecule has 2 heteroatoms. The lowest BCUT2D eigenvalue weighted by Gasteiger charge is -2.15. The van der Waals surface area contributed by atoms with E-state index in [9.17, 15) is 0 Å². The maximum Gasteiger partial charge on any atom is 0.137 e. The molecule has 0 spiro atoms. The lowest BCUT2D eigenvalue weighted by molar-refractivity contribution is 0.573. The molecule has 0 fully saturated rings. The number of aromatic amines is 1. The summed E-state index contributed by atoms with van der Waals surface area (Å²) in [6, 6.07) is 8.41. The SMILES string of the molecule is Cc1ccc(-c2ncc(C(C)(C)C)[nH]2)cc1. The molecular formula is C14H18N2. The van der Waals surface area contributed by atoms with E-state index < -0.39 is 0 Å². The van der Waals surface area contributed by atoms with Gasteiger partial charge in [0.25, 0.3) is 0 Å². The highest BCUT2D eigenvalue weighted by Crippen LogP contribution is 2.23. The number of rotatable bonds is 1. The van der Waals surface area contributed by atoms with Gasteiger partial charge in [-0.2, -0.15) is 0 Å². The normalized spacial score (nSPS) is 11.8. The minimum absolute atomic E-state index is 0.121. The first kappa shape index (κ1) is 10.9. The zero-order valence-electron chi connectivity index (χ0n) is 10.3. The molecule has 84 valence electrons. The largest absolute Gasteiger partial charge is 0.341 e. The van der Waals surface area contributed by atoms with E-state index in [1.165, 1.54) is 11.3 Å². The van der Waals surface area contributed by atoms with Crippen molar-refractivity contribution in [3.63, 3.8) is 0 Å². The van der Waals surface area contributed by atoms with Crippen LogP contribution in [0, 0.1) is 6.92 Å². The van der Waals surface area contributed by atoms with Crippen molar-refractivity contribution in [1.29, 1.82) is 0 Å². The monoisotopic (exact) mass is 214 g/mol. The summed E-state index contributed by atoms with van der Waals surface area (Å²) < 4.78 is 0. The van der Waals surface area contributed by atoms with E-state index in [0.717, 1.165) is 11.4 Å². The number of hydrogen-bond donors (Lipinski definition) is 1. The highest BCUT2D eigenvalue weighted by Gasteiger charge is 2.16. The van der Waals surface area contributed by atoms with Gasteiger partial charge < -0.3 is 4.98 Å². The van der Waals surface area contributed by atoms with E-state index in [4.69, 9.17) is 0 Å². The summed E-state index contributed by atoms with van der Waals surface area (Å²) in [5.74, 6) is 0.949. The third-order valence-corrected chi connectivity index (χ3v) is 2.71. The third-order valence-electron chi connectivity index (χ3n) is 2.71. The number of hydrogen-bond acceptors (Lipinski definition) is 1. The second-order valence-electron chi connectivity index (χ2n) is 5.26. The van der Waals surface area contributed by atoms with Crippen molar-refractivity contribution in [2.45, 2.75) is 33.1 Å². The van der Waals surface area contributed by atoms with E-state index in [0.29, 0.717) is 0 Å². The van der Waals surface area contributed by atoms with Gasteiger partial charge in [0, 0.05) is 22.9 Å². The first-order valence-electron chi connectivity index (χ1n) is 5.59. The molecule has 1 aromatic heterocycles. The molecule has 0 bridgehead atoms. The molecule has 0 saturated carbocycles. The van der Waals surface area contributed by atoms with Crippen molar-refractivity contribution in [2.24, 2.45) is 0 Å². The number of benzene rings is 1. The zero-order chi connectivity index (χ0) is 11.8. The molecule has 0 amide bonds. The topological polar surface area (TPSA) is 28.7 Å². The predicted molar refractivity (Wildman–Crippen MR) is 67.5 cm³/mol. The Bertz CT molecular complexity index is 472. The van der Waals surface area contributed by atoms with Gasteiger partial charge in [-0.3, -0.25) is 0 Å². The van der Waals surface area contributed by atoms with Crippen molar-refractivity contribution in [3.05, 3.63) is 41.7 Å². The first-order valence-corrected chi connectivity index (χ1v) is 5.59. The molecule has 0 unspecified atom stereocenters. The van der Waals surface area contributed by atoms with Crippen LogP contribution in [0.25, 0.3) is 11.4 Å². The summed E-state index contributed by atoms with van der Waals surface area (Å²) in [4.78, 5) is 7.80. The van der Waals surface area contributed by atoms with E-state index >= 15 is 0 Å². The summed E-state index contributed by atoms with van der Waals surface area (Å²) >= 11 is 0. The van der Waals surface area contributed by atoms with E-state index in [1.807, 2.05) is 6.20 Å². The van der Waals surface area contributed by atoms with Gasteiger partial charge in [-0.15, -0.1) is 0 Å². The molecule has 1 heterocycles. The van der Waals surface area contributed by atoms with Gasteiger partial charge in [0.1, 0.15) is 5.82 Å². The Morgan fingerprint density at radius 1 is 1.06 bits per heavy atom. The number of aryl methyl sites for hydroxylation is 1. The minimum Gasteiger partial charge on any atom is -0.341 e. The first-order chi connectivity index (χ1) is 7.47. The highest BCUT2D eigenvalue weighted by molar-refractivity contribution is 5.55. The van der Waals surface area contributed by atoms with Crippen molar-refractivity contribution in [3.8, 4) is 11.4 Å². The molecule has 0 aliphatic carbocycles. The predicted octanol–water partition coefficient (Wildman–Crippen LogP) is 3.68. The van der Waals surface area contributed by atoms with E-state index in [1.54, 1.807) is 0 Å². The van der Waals surface area contributed by atoms with Crippen molar-refractivity contribution < 1.29 is 0 Å². The highest BCUT2D eigenvalue weighted by atomic mass is 14.9. The fourth-order valence-corrected chi connectivity index (χ4v) is 1.56. The van der Waals surface area contributed by atoms with Crippen LogP contribution in [0.15, 0.2) is 30.5 Å². The average Bonchev–Trinajstić information content (AvgIpc) is 2.67. The number of nitrogens with one attached hydrogen (secondary N) is 1. The average molecular weight is 214 g/mol. The van der Waals surface area contributed by atoms with Crippen LogP contribution < -0.4 is 0 Å².